The Morgan fingerprint density at radius 3 is 2.07 bits per heavy atom. The largest absolute Gasteiger partial charge is 0.466 e. The highest BCUT2D eigenvalue weighted by Crippen LogP contribution is 2.25. The molecule has 0 radical (unpaired) electrons. The molecule has 0 spiro atoms. The van der Waals surface area contributed by atoms with E-state index in [1.54, 1.807) is 0 Å². The van der Waals surface area contributed by atoms with Gasteiger partial charge in [0.1, 0.15) is 0 Å². The SMILES string of the molecule is O=P(O)(O)O.c1ccn2cccc2c1. The highest BCUT2D eigenvalue weighted by atomic mass is 31.2. The molecule has 0 aliphatic carbocycles. The Balaban J connectivity index is 0.000000171. The number of phosphoric acid groups is 1. The molecule has 6 heteroatoms. The Bertz CT molecular complexity index is 409. The summed E-state index contributed by atoms with van der Waals surface area (Å²) in [7, 11) is -4.64. The molecule has 0 bridgehead atoms. The van der Waals surface area contributed by atoms with Gasteiger partial charge >= 0.3 is 7.82 Å². The Kier molecular flexibility index (Phi) is 3.43. The highest BCUT2D eigenvalue weighted by molar-refractivity contribution is 7.45. The van der Waals surface area contributed by atoms with E-state index in [4.69, 9.17) is 19.2 Å². The van der Waals surface area contributed by atoms with Crippen LogP contribution in [0.15, 0.2) is 42.7 Å². The van der Waals surface area contributed by atoms with Gasteiger partial charge in [-0.25, -0.2) is 4.57 Å². The van der Waals surface area contributed by atoms with Gasteiger partial charge in [0.2, 0.25) is 0 Å². The van der Waals surface area contributed by atoms with Gasteiger partial charge in [-0.2, -0.15) is 0 Å². The van der Waals surface area contributed by atoms with Gasteiger partial charge in [0.25, 0.3) is 0 Å². The van der Waals surface area contributed by atoms with Crippen molar-refractivity contribution in [1.29, 1.82) is 0 Å². The van der Waals surface area contributed by atoms with Crippen LogP contribution in [-0.2, 0) is 4.57 Å². The van der Waals surface area contributed by atoms with Gasteiger partial charge in [-0.3, -0.25) is 0 Å². The fraction of sp³-hybridized carbons (Fsp3) is 0. The average Bonchev–Trinajstić information content (AvgIpc) is 2.47. The lowest BCUT2D eigenvalue weighted by Crippen LogP contribution is -1.75. The summed E-state index contributed by atoms with van der Waals surface area (Å²) in [4.78, 5) is 21.6. The third-order valence-corrected chi connectivity index (χ3v) is 1.44. The monoisotopic (exact) mass is 215 g/mol. The van der Waals surface area contributed by atoms with Gasteiger partial charge < -0.3 is 19.1 Å². The van der Waals surface area contributed by atoms with E-state index >= 15 is 0 Å². The molecule has 2 aromatic rings. The standard InChI is InChI=1S/C8H7N.H3O4P/c1-2-6-9-7-3-5-8(9)4-1;1-5(2,3)4/h1-7H;(H3,1,2,3,4). The zero-order chi connectivity index (χ0) is 10.6. The molecule has 0 fully saturated rings. The summed E-state index contributed by atoms with van der Waals surface area (Å²) >= 11 is 0. The minimum absolute atomic E-state index is 1.25. The molecule has 2 heterocycles. The Labute approximate surface area is 80.5 Å². The molecule has 0 aliphatic rings. The maximum absolute atomic E-state index is 8.88. The Morgan fingerprint density at radius 1 is 1.00 bits per heavy atom. The first kappa shape index (κ1) is 10.9. The normalized spacial score (nSPS) is 10.8. The minimum atomic E-state index is -4.64. The molecule has 5 nitrogen and oxygen atoms in total. The summed E-state index contributed by atoms with van der Waals surface area (Å²) in [5.41, 5.74) is 1.25. The van der Waals surface area contributed by atoms with Crippen LogP contribution in [0, 0.1) is 0 Å². The summed E-state index contributed by atoms with van der Waals surface area (Å²) in [5.74, 6) is 0. The molecule has 0 saturated heterocycles. The van der Waals surface area contributed by atoms with Crippen LogP contribution in [-0.4, -0.2) is 19.1 Å². The van der Waals surface area contributed by atoms with Gasteiger partial charge in [0.15, 0.2) is 0 Å². The maximum atomic E-state index is 8.88. The van der Waals surface area contributed by atoms with Crippen LogP contribution in [0.2, 0.25) is 0 Å². The number of pyridine rings is 1. The lowest BCUT2D eigenvalue weighted by atomic mass is 10.4. The minimum Gasteiger partial charge on any atom is -0.324 e. The number of hydrogen-bond donors (Lipinski definition) is 3. The van der Waals surface area contributed by atoms with Gasteiger partial charge in [0, 0.05) is 17.9 Å². The van der Waals surface area contributed by atoms with E-state index < -0.39 is 7.82 Å². The molecule has 0 saturated carbocycles. The molecular weight excluding hydrogens is 205 g/mol. The summed E-state index contributed by atoms with van der Waals surface area (Å²) < 4.78 is 11.0. The fourth-order valence-electron chi connectivity index (χ4n) is 0.980. The lowest BCUT2D eigenvalue weighted by molar-refractivity contribution is 0.275. The van der Waals surface area contributed by atoms with Gasteiger partial charge in [-0.1, -0.05) is 6.07 Å². The van der Waals surface area contributed by atoms with Crippen molar-refractivity contribution in [2.24, 2.45) is 0 Å². The molecule has 2 aromatic heterocycles. The number of aromatic nitrogens is 1. The lowest BCUT2D eigenvalue weighted by Gasteiger charge is -1.88. The average molecular weight is 215 g/mol. The first-order valence-electron chi connectivity index (χ1n) is 3.77. The number of fused-ring (bicyclic) bond motifs is 1. The third-order valence-electron chi connectivity index (χ3n) is 1.44. The highest BCUT2D eigenvalue weighted by Gasteiger charge is 2.00. The number of hydrogen-bond acceptors (Lipinski definition) is 1. The van der Waals surface area contributed by atoms with Crippen molar-refractivity contribution in [2.45, 2.75) is 0 Å². The molecular formula is C8H10NO4P. The molecule has 3 N–H and O–H groups in total. The zero-order valence-corrected chi connectivity index (χ0v) is 8.08. The molecule has 0 aliphatic heterocycles. The van der Waals surface area contributed by atoms with Crippen molar-refractivity contribution >= 4 is 13.3 Å². The van der Waals surface area contributed by atoms with Crippen LogP contribution in [0.5, 0.6) is 0 Å². The van der Waals surface area contributed by atoms with Crippen molar-refractivity contribution < 1.29 is 19.2 Å². The molecule has 76 valence electrons. The predicted molar refractivity (Wildman–Crippen MR) is 51.7 cm³/mol. The van der Waals surface area contributed by atoms with Crippen LogP contribution in [0.1, 0.15) is 0 Å². The molecule has 14 heavy (non-hydrogen) atoms. The first-order chi connectivity index (χ1) is 6.47. The van der Waals surface area contributed by atoms with E-state index in [0.717, 1.165) is 0 Å². The van der Waals surface area contributed by atoms with E-state index in [1.165, 1.54) is 5.52 Å². The van der Waals surface area contributed by atoms with Crippen molar-refractivity contribution in [3.63, 3.8) is 0 Å². The Morgan fingerprint density at radius 2 is 1.50 bits per heavy atom. The number of nitrogens with zero attached hydrogens (tertiary/aromatic N) is 1. The van der Waals surface area contributed by atoms with Crippen molar-refractivity contribution in [2.75, 3.05) is 0 Å². The molecule has 2 rings (SSSR count). The van der Waals surface area contributed by atoms with Gasteiger partial charge in [-0.05, 0) is 24.3 Å². The quantitative estimate of drug-likeness (QED) is 0.573. The van der Waals surface area contributed by atoms with Crippen LogP contribution >= 0.6 is 7.82 Å². The second-order valence-electron chi connectivity index (χ2n) is 2.55. The van der Waals surface area contributed by atoms with E-state index in [9.17, 15) is 0 Å². The number of rotatable bonds is 0. The van der Waals surface area contributed by atoms with E-state index in [2.05, 4.69) is 16.5 Å². The maximum Gasteiger partial charge on any atom is 0.466 e. The summed E-state index contributed by atoms with van der Waals surface area (Å²) in [6.45, 7) is 0. The second-order valence-corrected chi connectivity index (χ2v) is 3.58. The fourth-order valence-corrected chi connectivity index (χ4v) is 0.980. The third kappa shape index (κ3) is 4.20. The van der Waals surface area contributed by atoms with Crippen LogP contribution in [0.3, 0.4) is 0 Å². The van der Waals surface area contributed by atoms with Crippen molar-refractivity contribution in [3.8, 4) is 0 Å². The van der Waals surface area contributed by atoms with Crippen molar-refractivity contribution in [1.82, 2.24) is 4.40 Å². The first-order valence-corrected chi connectivity index (χ1v) is 5.33. The summed E-state index contributed by atoms with van der Waals surface area (Å²) in [6, 6.07) is 10.3. The smallest absolute Gasteiger partial charge is 0.324 e. The van der Waals surface area contributed by atoms with Crippen LogP contribution in [0.25, 0.3) is 5.52 Å². The summed E-state index contributed by atoms with van der Waals surface area (Å²) in [5, 5.41) is 0. The van der Waals surface area contributed by atoms with Gasteiger partial charge in [-0.15, -0.1) is 0 Å². The zero-order valence-electron chi connectivity index (χ0n) is 7.19. The second kappa shape index (κ2) is 4.39. The predicted octanol–water partition coefficient (Wildman–Crippen LogP) is 1.01. The van der Waals surface area contributed by atoms with E-state index in [1.807, 2.05) is 30.6 Å². The molecule has 0 aromatic carbocycles. The molecule has 0 amide bonds. The molecule has 0 unspecified atom stereocenters. The summed E-state index contributed by atoms with van der Waals surface area (Å²) in [6.07, 6.45) is 4.07. The van der Waals surface area contributed by atoms with E-state index in [-0.39, 0.29) is 0 Å². The molecule has 0 atom stereocenters. The van der Waals surface area contributed by atoms with Crippen LogP contribution in [0.4, 0.5) is 0 Å². The van der Waals surface area contributed by atoms with Crippen LogP contribution < -0.4 is 0 Å². The topological polar surface area (TPSA) is 82.2 Å². The van der Waals surface area contributed by atoms with E-state index in [0.29, 0.717) is 0 Å². The van der Waals surface area contributed by atoms with Crippen molar-refractivity contribution in [3.05, 3.63) is 42.7 Å². The van der Waals surface area contributed by atoms with Gasteiger partial charge in [0.05, 0.1) is 0 Å². The Hall–Kier alpha value is -1.13.